The summed E-state index contributed by atoms with van der Waals surface area (Å²) in [5.74, 6) is -0.880. The van der Waals surface area contributed by atoms with Gasteiger partial charge in [0.2, 0.25) is 0 Å². The van der Waals surface area contributed by atoms with Crippen LogP contribution in [0.2, 0.25) is 0 Å². The Hall–Kier alpha value is -4.27. The highest BCUT2D eigenvalue weighted by atomic mass is 32.2. The van der Waals surface area contributed by atoms with Crippen molar-refractivity contribution in [3.63, 3.8) is 0 Å². The first-order chi connectivity index (χ1) is 16.4. The van der Waals surface area contributed by atoms with Crippen molar-refractivity contribution < 1.29 is 26.4 Å². The van der Waals surface area contributed by atoms with Gasteiger partial charge in [0.05, 0.1) is 28.7 Å². The summed E-state index contributed by atoms with van der Waals surface area (Å²) in [4.78, 5) is 23.5. The number of carbonyl (C=O) groups excluding carboxylic acids is 1. The fraction of sp³-hybridized carbons (Fsp3) is 0.150. The van der Waals surface area contributed by atoms with E-state index in [0.29, 0.717) is 16.9 Å². The SMILES string of the molecule is Cc1ccc(S(=O)(=O)Nc2ccc(C(=O)NCC(F)(F)F)nc2)cc1-c1cnc2c(N)ncnn12. The number of carbonyl (C=O) groups is 1. The lowest BCUT2D eigenvalue weighted by atomic mass is 10.1. The molecule has 0 saturated heterocycles. The number of aromatic nitrogens is 5. The number of nitrogen functional groups attached to an aromatic ring is 1. The molecule has 1 amide bonds. The highest BCUT2D eigenvalue weighted by Gasteiger charge is 2.28. The lowest BCUT2D eigenvalue weighted by molar-refractivity contribution is -0.123. The maximum absolute atomic E-state index is 13.0. The number of halogens is 3. The van der Waals surface area contributed by atoms with Crippen LogP contribution in [0, 0.1) is 6.92 Å². The van der Waals surface area contributed by atoms with E-state index in [1.54, 1.807) is 18.3 Å². The van der Waals surface area contributed by atoms with Gasteiger partial charge in [0, 0.05) is 5.56 Å². The molecule has 3 heterocycles. The molecule has 0 spiro atoms. The first-order valence-corrected chi connectivity index (χ1v) is 11.3. The molecule has 4 aromatic rings. The number of nitrogens with two attached hydrogens (primary N) is 1. The van der Waals surface area contributed by atoms with E-state index < -0.39 is 28.7 Å². The number of benzene rings is 1. The summed E-state index contributed by atoms with van der Waals surface area (Å²) < 4.78 is 66.5. The summed E-state index contributed by atoms with van der Waals surface area (Å²) in [5, 5.41) is 5.81. The van der Waals surface area contributed by atoms with Crippen molar-refractivity contribution in [1.29, 1.82) is 0 Å². The number of amides is 1. The summed E-state index contributed by atoms with van der Waals surface area (Å²) in [6, 6.07) is 6.77. The second kappa shape index (κ2) is 8.83. The molecule has 1 aromatic carbocycles. The van der Waals surface area contributed by atoms with Gasteiger partial charge in [-0.2, -0.15) is 18.3 Å². The average Bonchev–Trinajstić information content (AvgIpc) is 3.23. The molecule has 0 aliphatic carbocycles. The smallest absolute Gasteiger partial charge is 0.381 e. The predicted octanol–water partition coefficient (Wildman–Crippen LogP) is 2.17. The molecule has 0 unspecified atom stereocenters. The number of alkyl halides is 3. The normalized spacial score (nSPS) is 12.0. The molecule has 3 aromatic heterocycles. The Labute approximate surface area is 196 Å². The van der Waals surface area contributed by atoms with Gasteiger partial charge in [0.25, 0.3) is 15.9 Å². The second-order valence-electron chi connectivity index (χ2n) is 7.34. The standard InChI is InChI=1S/C20H17F3N8O3S/c1-11-2-4-13(6-14(11)16-8-26-18-17(24)28-10-29-31(16)18)35(33,34)30-12-3-5-15(25-7-12)19(32)27-9-20(21,22)23/h2-8,10,30H,9H2,1H3,(H,27,32)(H2,24,28,29). The van der Waals surface area contributed by atoms with E-state index in [9.17, 15) is 26.4 Å². The molecule has 0 bridgehead atoms. The van der Waals surface area contributed by atoms with Gasteiger partial charge >= 0.3 is 6.18 Å². The van der Waals surface area contributed by atoms with Crippen LogP contribution in [0.25, 0.3) is 16.9 Å². The number of hydrogen-bond donors (Lipinski definition) is 3. The van der Waals surface area contributed by atoms with Crippen LogP contribution in [0.5, 0.6) is 0 Å². The molecular weight excluding hydrogens is 489 g/mol. The highest BCUT2D eigenvalue weighted by molar-refractivity contribution is 7.92. The van der Waals surface area contributed by atoms with Crippen molar-refractivity contribution >= 4 is 33.1 Å². The summed E-state index contributed by atoms with van der Waals surface area (Å²) in [7, 11) is -4.09. The highest BCUT2D eigenvalue weighted by Crippen LogP contribution is 2.28. The lowest BCUT2D eigenvalue weighted by Gasteiger charge is -2.12. The van der Waals surface area contributed by atoms with Gasteiger partial charge < -0.3 is 11.1 Å². The Morgan fingerprint density at radius 2 is 1.89 bits per heavy atom. The van der Waals surface area contributed by atoms with Gasteiger partial charge in [-0.05, 0) is 36.8 Å². The number of sulfonamides is 1. The summed E-state index contributed by atoms with van der Waals surface area (Å²) in [6.07, 6.45) is -0.787. The number of imidazole rings is 1. The molecule has 4 N–H and O–H groups in total. The third-order valence-corrected chi connectivity index (χ3v) is 6.20. The van der Waals surface area contributed by atoms with E-state index in [0.717, 1.165) is 17.8 Å². The van der Waals surface area contributed by atoms with Crippen molar-refractivity contribution in [2.45, 2.75) is 18.0 Å². The first kappa shape index (κ1) is 23.9. The van der Waals surface area contributed by atoms with Gasteiger partial charge in [-0.25, -0.2) is 27.9 Å². The van der Waals surface area contributed by atoms with E-state index in [2.05, 4.69) is 24.8 Å². The van der Waals surface area contributed by atoms with Gasteiger partial charge in [-0.1, -0.05) is 6.07 Å². The quantitative estimate of drug-likeness (QED) is 0.359. The monoisotopic (exact) mass is 506 g/mol. The topological polar surface area (TPSA) is 157 Å². The first-order valence-electron chi connectivity index (χ1n) is 9.84. The number of hydrogen-bond acceptors (Lipinski definition) is 8. The molecule has 15 heteroatoms. The van der Waals surface area contributed by atoms with E-state index in [4.69, 9.17) is 5.73 Å². The molecule has 4 rings (SSSR count). The van der Waals surface area contributed by atoms with Gasteiger partial charge in [-0.3, -0.25) is 9.52 Å². The van der Waals surface area contributed by atoms with Crippen LogP contribution in [0.3, 0.4) is 0 Å². The Morgan fingerprint density at radius 1 is 1.11 bits per heavy atom. The van der Waals surface area contributed by atoms with Crippen LogP contribution in [0.4, 0.5) is 24.7 Å². The summed E-state index contributed by atoms with van der Waals surface area (Å²) in [6.45, 7) is 0.276. The zero-order chi connectivity index (χ0) is 25.4. The average molecular weight is 506 g/mol. The summed E-state index contributed by atoms with van der Waals surface area (Å²) >= 11 is 0. The molecule has 0 aliphatic rings. The molecule has 182 valence electrons. The predicted molar refractivity (Wildman–Crippen MR) is 119 cm³/mol. The van der Waals surface area contributed by atoms with Crippen LogP contribution in [-0.4, -0.2) is 51.6 Å². The van der Waals surface area contributed by atoms with Crippen molar-refractivity contribution in [3.8, 4) is 11.3 Å². The molecule has 0 saturated carbocycles. The Kier molecular flexibility index (Phi) is 6.02. The Bertz CT molecular complexity index is 1520. The minimum absolute atomic E-state index is 0.00909. The van der Waals surface area contributed by atoms with Gasteiger partial charge in [0.15, 0.2) is 11.5 Å². The number of anilines is 2. The van der Waals surface area contributed by atoms with Gasteiger partial charge in [0.1, 0.15) is 18.6 Å². The summed E-state index contributed by atoms with van der Waals surface area (Å²) in [5.41, 5.74) is 7.62. The third-order valence-electron chi connectivity index (χ3n) is 4.82. The molecular formula is C20H17F3N8O3S. The molecule has 0 atom stereocenters. The van der Waals surface area contributed by atoms with Crippen molar-refractivity contribution in [2.24, 2.45) is 0 Å². The third kappa shape index (κ3) is 5.13. The van der Waals surface area contributed by atoms with Crippen LogP contribution < -0.4 is 15.8 Å². The minimum atomic E-state index is -4.57. The number of rotatable bonds is 6. The van der Waals surface area contributed by atoms with E-state index >= 15 is 0 Å². The van der Waals surface area contributed by atoms with Crippen LogP contribution in [-0.2, 0) is 10.0 Å². The Morgan fingerprint density at radius 3 is 2.57 bits per heavy atom. The number of fused-ring (bicyclic) bond motifs is 1. The van der Waals surface area contributed by atoms with E-state index in [-0.39, 0.29) is 22.1 Å². The largest absolute Gasteiger partial charge is 0.405 e. The zero-order valence-electron chi connectivity index (χ0n) is 17.9. The lowest BCUT2D eigenvalue weighted by Crippen LogP contribution is -2.34. The van der Waals surface area contributed by atoms with Crippen LogP contribution >= 0.6 is 0 Å². The Balaban J connectivity index is 1.58. The second-order valence-corrected chi connectivity index (χ2v) is 9.02. The number of pyridine rings is 1. The number of nitrogens with one attached hydrogen (secondary N) is 2. The number of aryl methyl sites for hydroxylation is 1. The minimum Gasteiger partial charge on any atom is -0.381 e. The van der Waals surface area contributed by atoms with Crippen molar-refractivity contribution in [1.82, 2.24) is 29.9 Å². The molecule has 0 aliphatic heterocycles. The molecule has 11 nitrogen and oxygen atoms in total. The fourth-order valence-corrected chi connectivity index (χ4v) is 4.21. The van der Waals surface area contributed by atoms with Crippen molar-refractivity contribution in [2.75, 3.05) is 17.0 Å². The molecule has 35 heavy (non-hydrogen) atoms. The zero-order valence-corrected chi connectivity index (χ0v) is 18.7. The number of nitrogens with zero attached hydrogens (tertiary/aromatic N) is 5. The molecule has 0 fully saturated rings. The van der Waals surface area contributed by atoms with Crippen molar-refractivity contribution in [3.05, 3.63) is 60.3 Å². The van der Waals surface area contributed by atoms with Crippen LogP contribution in [0.15, 0.2) is 53.9 Å². The van der Waals surface area contributed by atoms with E-state index in [1.807, 2.05) is 0 Å². The maximum Gasteiger partial charge on any atom is 0.405 e. The maximum atomic E-state index is 13.0. The van der Waals surface area contributed by atoms with Crippen LogP contribution in [0.1, 0.15) is 16.1 Å². The molecule has 0 radical (unpaired) electrons. The fourth-order valence-electron chi connectivity index (χ4n) is 3.14. The van der Waals surface area contributed by atoms with E-state index in [1.165, 1.54) is 35.2 Å². The van der Waals surface area contributed by atoms with Gasteiger partial charge in [-0.15, -0.1) is 0 Å².